The number of rotatable bonds is 3. The molecule has 0 saturated carbocycles. The van der Waals surface area contributed by atoms with E-state index in [0.717, 1.165) is 23.8 Å². The van der Waals surface area contributed by atoms with Gasteiger partial charge < -0.3 is 10.1 Å². The monoisotopic (exact) mass is 241 g/mol. The number of para-hydroxylation sites is 1. The lowest BCUT2D eigenvalue weighted by Gasteiger charge is -2.11. The molecule has 0 amide bonds. The molecule has 4 heteroatoms. The molecule has 0 saturated heterocycles. The highest BCUT2D eigenvalue weighted by molar-refractivity contribution is 5.39. The smallest absolute Gasteiger partial charge is 0.125 e. The fraction of sp³-hybridized carbons (Fsp3) is 0.286. The molecule has 18 heavy (non-hydrogen) atoms. The van der Waals surface area contributed by atoms with E-state index in [2.05, 4.69) is 21.4 Å². The van der Waals surface area contributed by atoms with Crippen LogP contribution in [0.2, 0.25) is 0 Å². The molecular formula is C14H15N3O. The summed E-state index contributed by atoms with van der Waals surface area (Å²) in [6, 6.07) is 10.3. The number of hydrogen-bond donors (Lipinski definition) is 1. The van der Waals surface area contributed by atoms with Crippen molar-refractivity contribution in [3.8, 4) is 5.75 Å². The Labute approximate surface area is 106 Å². The van der Waals surface area contributed by atoms with Gasteiger partial charge in [0.25, 0.3) is 0 Å². The molecule has 0 fully saturated rings. The number of aromatic nitrogens is 2. The molecule has 1 unspecified atom stereocenters. The standard InChI is InChI=1S/C14H15N3O/c1-10-15-7-6-11(17-10)8-16-13-9-18-14-5-3-2-4-12(13)14/h2-7,13,16H,8-9H2,1H3. The largest absolute Gasteiger partial charge is 0.491 e. The maximum absolute atomic E-state index is 5.63. The van der Waals surface area contributed by atoms with Crippen molar-refractivity contribution in [1.29, 1.82) is 0 Å². The number of benzene rings is 1. The maximum Gasteiger partial charge on any atom is 0.125 e. The Balaban J connectivity index is 1.69. The van der Waals surface area contributed by atoms with Crippen molar-refractivity contribution in [2.45, 2.75) is 19.5 Å². The van der Waals surface area contributed by atoms with Gasteiger partial charge in [-0.2, -0.15) is 0 Å². The van der Waals surface area contributed by atoms with Crippen LogP contribution in [-0.2, 0) is 6.54 Å². The Kier molecular flexibility index (Phi) is 2.94. The number of nitrogens with one attached hydrogen (secondary N) is 1. The SMILES string of the molecule is Cc1nccc(CNC2COc3ccccc32)n1. The van der Waals surface area contributed by atoms with Crippen LogP contribution in [-0.4, -0.2) is 16.6 Å². The van der Waals surface area contributed by atoms with Crippen molar-refractivity contribution in [3.63, 3.8) is 0 Å². The summed E-state index contributed by atoms with van der Waals surface area (Å²) in [5.41, 5.74) is 2.23. The first-order chi connectivity index (χ1) is 8.83. The summed E-state index contributed by atoms with van der Waals surface area (Å²) in [6.45, 7) is 3.31. The third-order valence-corrected chi connectivity index (χ3v) is 3.06. The summed E-state index contributed by atoms with van der Waals surface area (Å²) in [4.78, 5) is 8.47. The van der Waals surface area contributed by atoms with E-state index in [1.807, 2.05) is 31.2 Å². The van der Waals surface area contributed by atoms with Gasteiger partial charge in [-0.1, -0.05) is 18.2 Å². The topological polar surface area (TPSA) is 47.0 Å². The van der Waals surface area contributed by atoms with Crippen LogP contribution in [0.5, 0.6) is 5.75 Å². The molecule has 1 aromatic carbocycles. The lowest BCUT2D eigenvalue weighted by molar-refractivity contribution is 0.310. The Bertz CT molecular complexity index is 556. The number of nitrogens with zero attached hydrogens (tertiary/aromatic N) is 2. The van der Waals surface area contributed by atoms with Crippen molar-refractivity contribution in [2.75, 3.05) is 6.61 Å². The molecule has 1 aliphatic rings. The lowest BCUT2D eigenvalue weighted by atomic mass is 10.1. The van der Waals surface area contributed by atoms with Crippen LogP contribution in [0.3, 0.4) is 0 Å². The highest BCUT2D eigenvalue weighted by Crippen LogP contribution is 2.31. The molecule has 1 aromatic heterocycles. The van der Waals surface area contributed by atoms with Gasteiger partial charge in [0.15, 0.2) is 0 Å². The van der Waals surface area contributed by atoms with Crippen LogP contribution < -0.4 is 10.1 Å². The summed E-state index contributed by atoms with van der Waals surface area (Å²) in [5, 5.41) is 3.47. The first kappa shape index (κ1) is 11.2. The van der Waals surface area contributed by atoms with Gasteiger partial charge in [0.1, 0.15) is 18.2 Å². The zero-order chi connectivity index (χ0) is 12.4. The minimum Gasteiger partial charge on any atom is -0.491 e. The molecule has 2 heterocycles. The zero-order valence-corrected chi connectivity index (χ0v) is 10.3. The van der Waals surface area contributed by atoms with Crippen LogP contribution in [0, 0.1) is 6.92 Å². The lowest BCUT2D eigenvalue weighted by Crippen LogP contribution is -2.22. The van der Waals surface area contributed by atoms with Crippen molar-refractivity contribution in [1.82, 2.24) is 15.3 Å². The van der Waals surface area contributed by atoms with Crippen LogP contribution in [0.4, 0.5) is 0 Å². The zero-order valence-electron chi connectivity index (χ0n) is 10.3. The minimum absolute atomic E-state index is 0.247. The summed E-state index contributed by atoms with van der Waals surface area (Å²) in [6.07, 6.45) is 1.79. The van der Waals surface area contributed by atoms with E-state index in [1.54, 1.807) is 6.20 Å². The van der Waals surface area contributed by atoms with Crippen molar-refractivity contribution in [3.05, 3.63) is 53.6 Å². The molecule has 1 aliphatic heterocycles. The van der Waals surface area contributed by atoms with E-state index in [0.29, 0.717) is 6.61 Å². The second kappa shape index (κ2) is 4.74. The molecular weight excluding hydrogens is 226 g/mol. The highest BCUT2D eigenvalue weighted by atomic mass is 16.5. The van der Waals surface area contributed by atoms with Crippen molar-refractivity contribution >= 4 is 0 Å². The molecule has 3 rings (SSSR count). The molecule has 4 nitrogen and oxygen atoms in total. The Hall–Kier alpha value is -1.94. The van der Waals surface area contributed by atoms with Crippen LogP contribution in [0.15, 0.2) is 36.5 Å². The summed E-state index contributed by atoms with van der Waals surface area (Å²) in [7, 11) is 0. The van der Waals surface area contributed by atoms with Gasteiger partial charge in [0.2, 0.25) is 0 Å². The van der Waals surface area contributed by atoms with Crippen LogP contribution in [0.1, 0.15) is 23.1 Å². The van der Waals surface area contributed by atoms with Gasteiger partial charge in [0.05, 0.1) is 11.7 Å². The predicted molar refractivity (Wildman–Crippen MR) is 68.3 cm³/mol. The Morgan fingerprint density at radius 1 is 1.33 bits per heavy atom. The van der Waals surface area contributed by atoms with E-state index in [-0.39, 0.29) is 6.04 Å². The second-order valence-corrected chi connectivity index (χ2v) is 4.38. The summed E-state index contributed by atoms with van der Waals surface area (Å²) in [5.74, 6) is 1.78. The summed E-state index contributed by atoms with van der Waals surface area (Å²) >= 11 is 0. The normalized spacial score (nSPS) is 17.3. The van der Waals surface area contributed by atoms with Gasteiger partial charge in [-0.15, -0.1) is 0 Å². The van der Waals surface area contributed by atoms with Gasteiger partial charge in [-0.05, 0) is 19.1 Å². The molecule has 92 valence electrons. The quantitative estimate of drug-likeness (QED) is 0.893. The van der Waals surface area contributed by atoms with Gasteiger partial charge in [-0.3, -0.25) is 0 Å². The summed E-state index contributed by atoms with van der Waals surface area (Å²) < 4.78 is 5.63. The molecule has 1 N–H and O–H groups in total. The number of hydrogen-bond acceptors (Lipinski definition) is 4. The second-order valence-electron chi connectivity index (χ2n) is 4.38. The van der Waals surface area contributed by atoms with Gasteiger partial charge >= 0.3 is 0 Å². The molecule has 0 spiro atoms. The molecule has 0 radical (unpaired) electrons. The number of ether oxygens (including phenoxy) is 1. The third-order valence-electron chi connectivity index (χ3n) is 3.06. The fourth-order valence-corrected chi connectivity index (χ4v) is 2.16. The third kappa shape index (κ3) is 2.19. The number of aryl methyl sites for hydroxylation is 1. The van der Waals surface area contributed by atoms with Crippen LogP contribution >= 0.6 is 0 Å². The number of fused-ring (bicyclic) bond motifs is 1. The van der Waals surface area contributed by atoms with E-state index in [4.69, 9.17) is 4.74 Å². The fourth-order valence-electron chi connectivity index (χ4n) is 2.16. The molecule has 2 aromatic rings. The average molecular weight is 241 g/mol. The molecule has 0 aliphatic carbocycles. The van der Waals surface area contributed by atoms with E-state index < -0.39 is 0 Å². The average Bonchev–Trinajstić information content (AvgIpc) is 2.80. The van der Waals surface area contributed by atoms with Gasteiger partial charge in [-0.25, -0.2) is 9.97 Å². The molecule has 0 bridgehead atoms. The predicted octanol–water partition coefficient (Wildman–Crippen LogP) is 2.01. The maximum atomic E-state index is 5.63. The first-order valence-corrected chi connectivity index (χ1v) is 6.06. The first-order valence-electron chi connectivity index (χ1n) is 6.06. The van der Waals surface area contributed by atoms with Crippen LogP contribution in [0.25, 0.3) is 0 Å². The van der Waals surface area contributed by atoms with Crippen molar-refractivity contribution < 1.29 is 4.74 Å². The Morgan fingerprint density at radius 3 is 3.11 bits per heavy atom. The highest BCUT2D eigenvalue weighted by Gasteiger charge is 2.22. The van der Waals surface area contributed by atoms with E-state index >= 15 is 0 Å². The van der Waals surface area contributed by atoms with Crippen molar-refractivity contribution in [2.24, 2.45) is 0 Å². The van der Waals surface area contributed by atoms with E-state index in [1.165, 1.54) is 5.56 Å². The Morgan fingerprint density at radius 2 is 2.22 bits per heavy atom. The van der Waals surface area contributed by atoms with E-state index in [9.17, 15) is 0 Å². The minimum atomic E-state index is 0.247. The molecule has 1 atom stereocenters. The van der Waals surface area contributed by atoms with Gasteiger partial charge in [0, 0.05) is 18.3 Å².